The van der Waals surface area contributed by atoms with Gasteiger partial charge in [0.05, 0.1) is 6.61 Å². The van der Waals surface area contributed by atoms with Gasteiger partial charge in [0.15, 0.2) is 5.96 Å². The summed E-state index contributed by atoms with van der Waals surface area (Å²) in [6.07, 6.45) is 3.48. The third-order valence-electron chi connectivity index (χ3n) is 4.56. The monoisotopic (exact) mass is 350 g/mol. The van der Waals surface area contributed by atoms with Crippen molar-refractivity contribution in [2.75, 3.05) is 33.8 Å². The minimum absolute atomic E-state index is 0.230. The Morgan fingerprint density at radius 1 is 1.36 bits per heavy atom. The summed E-state index contributed by atoms with van der Waals surface area (Å²) in [5.74, 6) is 0.568. The number of aliphatic imine (C=N–C) groups is 1. The van der Waals surface area contributed by atoms with Gasteiger partial charge in [0.2, 0.25) is 0 Å². The highest BCUT2D eigenvalue weighted by Gasteiger charge is 2.19. The van der Waals surface area contributed by atoms with Gasteiger partial charge in [-0.3, -0.25) is 4.99 Å². The molecule has 0 radical (unpaired) electrons. The molecule has 0 saturated carbocycles. The average Bonchev–Trinajstić information content (AvgIpc) is 2.63. The Labute approximate surface area is 150 Å². The van der Waals surface area contributed by atoms with Crippen molar-refractivity contribution in [1.82, 2.24) is 15.5 Å². The molecule has 1 heterocycles. The molecular formula is C19H31FN4O. The zero-order chi connectivity index (χ0) is 18.1. The lowest BCUT2D eigenvalue weighted by atomic mass is 10.1. The van der Waals surface area contributed by atoms with Crippen LogP contribution in [0, 0.1) is 5.82 Å². The minimum Gasteiger partial charge on any atom is -0.380 e. The van der Waals surface area contributed by atoms with Gasteiger partial charge in [-0.05, 0) is 43.5 Å². The lowest BCUT2D eigenvalue weighted by Gasteiger charge is -2.32. The third-order valence-corrected chi connectivity index (χ3v) is 4.56. The Morgan fingerprint density at radius 3 is 2.76 bits per heavy atom. The van der Waals surface area contributed by atoms with Crippen molar-refractivity contribution < 1.29 is 9.13 Å². The lowest BCUT2D eigenvalue weighted by Crippen LogP contribution is -2.48. The first kappa shape index (κ1) is 19.7. The van der Waals surface area contributed by atoms with E-state index in [9.17, 15) is 4.39 Å². The Bertz CT molecular complexity index is 556. The van der Waals surface area contributed by atoms with Crippen molar-refractivity contribution >= 4 is 5.96 Å². The topological polar surface area (TPSA) is 48.9 Å². The molecule has 1 saturated heterocycles. The molecule has 0 bridgehead atoms. The Hall–Kier alpha value is -1.66. The van der Waals surface area contributed by atoms with Crippen molar-refractivity contribution in [2.24, 2.45) is 4.99 Å². The molecular weight excluding hydrogens is 319 g/mol. The van der Waals surface area contributed by atoms with Crippen LogP contribution in [-0.2, 0) is 17.9 Å². The van der Waals surface area contributed by atoms with Gasteiger partial charge in [-0.25, -0.2) is 4.39 Å². The molecule has 140 valence electrons. The molecule has 0 aliphatic carbocycles. The maximum Gasteiger partial charge on any atom is 0.191 e. The third kappa shape index (κ3) is 6.29. The molecule has 1 aliphatic rings. The van der Waals surface area contributed by atoms with E-state index in [0.717, 1.165) is 37.5 Å². The second kappa shape index (κ2) is 10.4. The first-order valence-corrected chi connectivity index (χ1v) is 9.12. The molecule has 2 N–H and O–H groups in total. The summed E-state index contributed by atoms with van der Waals surface area (Å²) in [7, 11) is 3.35. The summed E-state index contributed by atoms with van der Waals surface area (Å²) in [5.41, 5.74) is 1.59. The van der Waals surface area contributed by atoms with Gasteiger partial charge in [-0.1, -0.05) is 13.0 Å². The van der Waals surface area contributed by atoms with E-state index < -0.39 is 0 Å². The van der Waals surface area contributed by atoms with E-state index in [2.05, 4.69) is 27.4 Å². The van der Waals surface area contributed by atoms with Crippen molar-refractivity contribution in [3.05, 3.63) is 35.1 Å². The van der Waals surface area contributed by atoms with Crippen molar-refractivity contribution in [2.45, 2.75) is 45.4 Å². The van der Waals surface area contributed by atoms with Crippen LogP contribution in [0.25, 0.3) is 0 Å². The second-order valence-electron chi connectivity index (χ2n) is 6.54. The molecule has 0 unspecified atom stereocenters. The van der Waals surface area contributed by atoms with Gasteiger partial charge >= 0.3 is 0 Å². The first-order valence-electron chi connectivity index (χ1n) is 9.12. The fourth-order valence-electron chi connectivity index (χ4n) is 3.20. The summed E-state index contributed by atoms with van der Waals surface area (Å²) >= 11 is 0. The second-order valence-corrected chi connectivity index (χ2v) is 6.54. The van der Waals surface area contributed by atoms with Crippen LogP contribution < -0.4 is 10.6 Å². The number of hydrogen-bond acceptors (Lipinski definition) is 3. The van der Waals surface area contributed by atoms with Gasteiger partial charge in [0.1, 0.15) is 5.82 Å². The van der Waals surface area contributed by atoms with Crippen LogP contribution in [0.3, 0.4) is 0 Å². The van der Waals surface area contributed by atoms with Gasteiger partial charge in [-0.15, -0.1) is 0 Å². The van der Waals surface area contributed by atoms with Gasteiger partial charge in [-0.2, -0.15) is 0 Å². The minimum atomic E-state index is -0.230. The molecule has 25 heavy (non-hydrogen) atoms. The summed E-state index contributed by atoms with van der Waals surface area (Å²) in [4.78, 5) is 6.83. The molecule has 0 atom stereocenters. The zero-order valence-electron chi connectivity index (χ0n) is 15.6. The molecule has 5 nitrogen and oxygen atoms in total. The molecule has 6 heteroatoms. The van der Waals surface area contributed by atoms with Gasteiger partial charge < -0.3 is 20.3 Å². The molecule has 0 amide bonds. The van der Waals surface area contributed by atoms with Crippen LogP contribution in [0.5, 0.6) is 0 Å². The smallest absolute Gasteiger partial charge is 0.191 e. The predicted molar refractivity (Wildman–Crippen MR) is 100 cm³/mol. The van der Waals surface area contributed by atoms with E-state index in [4.69, 9.17) is 4.74 Å². The van der Waals surface area contributed by atoms with E-state index in [-0.39, 0.29) is 12.4 Å². The van der Waals surface area contributed by atoms with E-state index >= 15 is 0 Å². The molecule has 0 aromatic heterocycles. The Morgan fingerprint density at radius 2 is 2.12 bits per heavy atom. The van der Waals surface area contributed by atoms with Crippen molar-refractivity contribution in [3.63, 3.8) is 0 Å². The van der Waals surface area contributed by atoms with E-state index in [1.165, 1.54) is 19.0 Å². The maximum atomic E-state index is 13.7. The number of halogens is 1. The Balaban J connectivity index is 1.82. The largest absolute Gasteiger partial charge is 0.380 e. The first-order chi connectivity index (χ1) is 12.2. The molecule has 2 rings (SSSR count). The van der Waals surface area contributed by atoms with Crippen LogP contribution in [0.15, 0.2) is 23.2 Å². The number of ether oxygens (including phenoxy) is 1. The quantitative estimate of drug-likeness (QED) is 0.586. The fourth-order valence-corrected chi connectivity index (χ4v) is 3.20. The number of guanidine groups is 1. The van der Waals surface area contributed by atoms with Gasteiger partial charge in [0, 0.05) is 45.4 Å². The SMILES string of the molecule is CCCN1CCC(NC(=NC)NCc2ccc(F)c(COC)c2)CC1. The highest BCUT2D eigenvalue weighted by atomic mass is 19.1. The summed E-state index contributed by atoms with van der Waals surface area (Å²) in [6, 6.07) is 5.57. The molecule has 1 aromatic carbocycles. The number of likely N-dealkylation sites (tertiary alicyclic amines) is 1. The zero-order valence-corrected chi connectivity index (χ0v) is 15.6. The van der Waals surface area contributed by atoms with Crippen molar-refractivity contribution in [3.8, 4) is 0 Å². The highest BCUT2D eigenvalue weighted by molar-refractivity contribution is 5.79. The standard InChI is InChI=1S/C19H31FN4O/c1-4-9-24-10-7-17(8-11-24)23-19(21-2)22-13-15-5-6-18(20)16(12-15)14-25-3/h5-6,12,17H,4,7-11,13-14H2,1-3H3,(H2,21,22,23). The number of nitrogens with one attached hydrogen (secondary N) is 2. The van der Waals surface area contributed by atoms with E-state index in [1.54, 1.807) is 20.2 Å². The normalized spacial score (nSPS) is 16.9. The lowest BCUT2D eigenvalue weighted by molar-refractivity contribution is 0.181. The number of methoxy groups -OCH3 is 1. The molecule has 1 fully saturated rings. The molecule has 0 spiro atoms. The number of nitrogens with zero attached hydrogens (tertiary/aromatic N) is 2. The van der Waals surface area contributed by atoms with Crippen LogP contribution in [0.1, 0.15) is 37.3 Å². The molecule has 1 aromatic rings. The number of benzene rings is 1. The fraction of sp³-hybridized carbons (Fsp3) is 0.632. The highest BCUT2D eigenvalue weighted by Crippen LogP contribution is 2.12. The Kier molecular flexibility index (Phi) is 8.15. The number of rotatable bonds is 7. The summed E-state index contributed by atoms with van der Waals surface area (Å²) in [5, 5.41) is 6.82. The average molecular weight is 350 g/mol. The van der Waals surface area contributed by atoms with E-state index in [1.807, 2.05) is 6.07 Å². The number of hydrogen-bond donors (Lipinski definition) is 2. The van der Waals surface area contributed by atoms with E-state index in [0.29, 0.717) is 18.2 Å². The van der Waals surface area contributed by atoms with Crippen LogP contribution in [0.4, 0.5) is 4.39 Å². The van der Waals surface area contributed by atoms with Gasteiger partial charge in [0.25, 0.3) is 0 Å². The summed E-state index contributed by atoms with van der Waals surface area (Å²) < 4.78 is 18.7. The maximum absolute atomic E-state index is 13.7. The van der Waals surface area contributed by atoms with Crippen LogP contribution >= 0.6 is 0 Å². The van der Waals surface area contributed by atoms with Crippen LogP contribution in [0.2, 0.25) is 0 Å². The van der Waals surface area contributed by atoms with Crippen LogP contribution in [-0.4, -0.2) is 50.7 Å². The number of piperidine rings is 1. The molecule has 1 aliphatic heterocycles. The summed E-state index contributed by atoms with van der Waals surface area (Å²) in [6.45, 7) is 6.58. The van der Waals surface area contributed by atoms with Crippen molar-refractivity contribution in [1.29, 1.82) is 0 Å². The predicted octanol–water partition coefficient (Wildman–Crippen LogP) is 2.51.